The van der Waals surface area contributed by atoms with Crippen molar-refractivity contribution in [1.29, 1.82) is 0 Å². The number of benzene rings is 2. The average molecular weight is 395 g/mol. The lowest BCUT2D eigenvalue weighted by Gasteiger charge is -2.16. The number of aromatic nitrogens is 1. The molecule has 0 spiro atoms. The van der Waals surface area contributed by atoms with Crippen LogP contribution in [0.1, 0.15) is 41.2 Å². The molecule has 0 saturated heterocycles. The lowest BCUT2D eigenvalue weighted by molar-refractivity contribution is -0.122. The van der Waals surface area contributed by atoms with Crippen LogP contribution in [0.25, 0.3) is 10.8 Å². The molecule has 0 fully saturated rings. The van der Waals surface area contributed by atoms with E-state index < -0.39 is 6.04 Å². The third kappa shape index (κ3) is 4.56. The molecule has 1 aromatic heterocycles. The Morgan fingerprint density at radius 3 is 2.48 bits per heavy atom. The van der Waals surface area contributed by atoms with E-state index in [1.807, 2.05) is 51.1 Å². The standard InChI is InChI=1S/C22H25N3O4/c1-5-23-21(26)14(3)24-22(27)18-10-16-8-6-7-9-17(16)11-20(18)28-12-19-13(2)25-29-15(19)4/h6-11,14H,5,12H2,1-4H3,(H,23,26)(H,24,27)/t14-/m0/s1. The summed E-state index contributed by atoms with van der Waals surface area (Å²) in [6.07, 6.45) is 0. The predicted molar refractivity (Wildman–Crippen MR) is 110 cm³/mol. The lowest BCUT2D eigenvalue weighted by atomic mass is 10.0. The Bertz CT molecular complexity index is 1020. The molecule has 0 bridgehead atoms. The van der Waals surface area contributed by atoms with Crippen LogP contribution in [0.4, 0.5) is 0 Å². The van der Waals surface area contributed by atoms with E-state index >= 15 is 0 Å². The smallest absolute Gasteiger partial charge is 0.255 e. The minimum absolute atomic E-state index is 0.228. The number of hydrogen-bond acceptors (Lipinski definition) is 5. The van der Waals surface area contributed by atoms with E-state index in [2.05, 4.69) is 15.8 Å². The largest absolute Gasteiger partial charge is 0.488 e. The second kappa shape index (κ2) is 8.77. The fourth-order valence-corrected chi connectivity index (χ4v) is 3.04. The van der Waals surface area contributed by atoms with Gasteiger partial charge in [-0.25, -0.2) is 0 Å². The number of hydrogen-bond donors (Lipinski definition) is 2. The molecule has 3 aromatic rings. The molecule has 1 heterocycles. The zero-order chi connectivity index (χ0) is 21.0. The van der Waals surface area contributed by atoms with E-state index in [1.165, 1.54) is 0 Å². The Kier molecular flexibility index (Phi) is 6.16. The molecule has 0 radical (unpaired) electrons. The maximum atomic E-state index is 12.9. The number of aryl methyl sites for hydroxylation is 2. The van der Waals surface area contributed by atoms with Crippen LogP contribution in [0.5, 0.6) is 5.75 Å². The van der Waals surface area contributed by atoms with E-state index in [-0.39, 0.29) is 18.4 Å². The van der Waals surface area contributed by atoms with Gasteiger partial charge in [-0.2, -0.15) is 0 Å². The fraction of sp³-hybridized carbons (Fsp3) is 0.318. The Morgan fingerprint density at radius 1 is 1.17 bits per heavy atom. The minimum atomic E-state index is -0.663. The molecule has 7 nitrogen and oxygen atoms in total. The van der Waals surface area contributed by atoms with Gasteiger partial charge < -0.3 is 19.9 Å². The van der Waals surface area contributed by atoms with E-state index in [1.54, 1.807) is 13.0 Å². The number of nitrogens with one attached hydrogen (secondary N) is 2. The van der Waals surface area contributed by atoms with Gasteiger partial charge >= 0.3 is 0 Å². The molecule has 0 aliphatic heterocycles. The predicted octanol–water partition coefficient (Wildman–Crippen LogP) is 3.28. The van der Waals surface area contributed by atoms with Crippen molar-refractivity contribution >= 4 is 22.6 Å². The second-order valence-electron chi connectivity index (χ2n) is 6.88. The fourth-order valence-electron chi connectivity index (χ4n) is 3.04. The molecule has 3 rings (SSSR count). The third-order valence-corrected chi connectivity index (χ3v) is 4.74. The Labute approximate surface area is 169 Å². The van der Waals surface area contributed by atoms with Gasteiger partial charge in [-0.15, -0.1) is 0 Å². The van der Waals surface area contributed by atoms with Gasteiger partial charge in [-0.05, 0) is 50.6 Å². The highest BCUT2D eigenvalue weighted by molar-refractivity contribution is 6.03. The van der Waals surface area contributed by atoms with Crippen LogP contribution in [-0.4, -0.2) is 29.6 Å². The first-order chi connectivity index (χ1) is 13.9. The number of nitrogens with zero attached hydrogens (tertiary/aromatic N) is 1. The summed E-state index contributed by atoms with van der Waals surface area (Å²) in [5, 5.41) is 11.2. The van der Waals surface area contributed by atoms with Gasteiger partial charge in [0, 0.05) is 6.54 Å². The number of ether oxygens (including phenoxy) is 1. The van der Waals surface area contributed by atoms with Crippen molar-refractivity contribution in [2.24, 2.45) is 0 Å². The molecular formula is C22H25N3O4. The number of amides is 2. The van der Waals surface area contributed by atoms with Gasteiger partial charge in [0.05, 0.1) is 16.8 Å². The van der Waals surface area contributed by atoms with Crippen LogP contribution in [0.2, 0.25) is 0 Å². The number of carbonyl (C=O) groups excluding carboxylic acids is 2. The summed E-state index contributed by atoms with van der Waals surface area (Å²) >= 11 is 0. The quantitative estimate of drug-likeness (QED) is 0.640. The Morgan fingerprint density at radius 2 is 1.86 bits per heavy atom. The molecular weight excluding hydrogens is 370 g/mol. The highest BCUT2D eigenvalue weighted by Crippen LogP contribution is 2.28. The van der Waals surface area contributed by atoms with Crippen molar-refractivity contribution in [3.63, 3.8) is 0 Å². The molecule has 2 N–H and O–H groups in total. The molecule has 0 unspecified atom stereocenters. The first-order valence-electron chi connectivity index (χ1n) is 9.56. The van der Waals surface area contributed by atoms with Gasteiger partial charge in [-0.3, -0.25) is 9.59 Å². The van der Waals surface area contributed by atoms with Crippen LogP contribution in [-0.2, 0) is 11.4 Å². The first kappa shape index (κ1) is 20.4. The van der Waals surface area contributed by atoms with Gasteiger partial charge in [0.2, 0.25) is 5.91 Å². The zero-order valence-corrected chi connectivity index (χ0v) is 17.0. The van der Waals surface area contributed by atoms with Gasteiger partial charge in [0.1, 0.15) is 24.2 Å². The molecule has 0 saturated carbocycles. The molecule has 0 aliphatic rings. The Hall–Kier alpha value is -3.35. The van der Waals surface area contributed by atoms with Crippen LogP contribution < -0.4 is 15.4 Å². The van der Waals surface area contributed by atoms with Crippen molar-refractivity contribution in [1.82, 2.24) is 15.8 Å². The number of fused-ring (bicyclic) bond motifs is 1. The van der Waals surface area contributed by atoms with Gasteiger partial charge in [-0.1, -0.05) is 29.4 Å². The highest BCUT2D eigenvalue weighted by Gasteiger charge is 2.20. The summed E-state index contributed by atoms with van der Waals surface area (Å²) in [5.74, 6) is 0.506. The van der Waals surface area contributed by atoms with E-state index in [9.17, 15) is 9.59 Å². The zero-order valence-electron chi connectivity index (χ0n) is 17.0. The van der Waals surface area contributed by atoms with Crippen molar-refractivity contribution in [3.05, 3.63) is 59.0 Å². The monoisotopic (exact) mass is 395 g/mol. The van der Waals surface area contributed by atoms with Crippen molar-refractivity contribution in [3.8, 4) is 5.75 Å². The normalized spacial score (nSPS) is 11.9. The number of carbonyl (C=O) groups is 2. The second-order valence-corrected chi connectivity index (χ2v) is 6.88. The molecule has 2 amide bonds. The SMILES string of the molecule is CCNC(=O)[C@H](C)NC(=O)c1cc2ccccc2cc1OCc1c(C)noc1C. The maximum absolute atomic E-state index is 12.9. The van der Waals surface area contributed by atoms with Crippen molar-refractivity contribution in [2.45, 2.75) is 40.3 Å². The number of likely N-dealkylation sites (N-methyl/N-ethyl adjacent to an activating group) is 1. The van der Waals surface area contributed by atoms with Crippen LogP contribution in [0, 0.1) is 13.8 Å². The van der Waals surface area contributed by atoms with Crippen molar-refractivity contribution < 1.29 is 18.8 Å². The van der Waals surface area contributed by atoms with E-state index in [0.29, 0.717) is 23.6 Å². The van der Waals surface area contributed by atoms with Crippen LogP contribution >= 0.6 is 0 Å². The highest BCUT2D eigenvalue weighted by atomic mass is 16.5. The summed E-state index contributed by atoms with van der Waals surface area (Å²) in [7, 11) is 0. The van der Waals surface area contributed by atoms with Crippen LogP contribution in [0.3, 0.4) is 0 Å². The summed E-state index contributed by atoms with van der Waals surface area (Å²) < 4.78 is 11.2. The summed E-state index contributed by atoms with van der Waals surface area (Å²) in [6.45, 7) is 7.87. The van der Waals surface area contributed by atoms with Crippen molar-refractivity contribution in [2.75, 3.05) is 6.54 Å². The molecule has 7 heteroatoms. The molecule has 29 heavy (non-hydrogen) atoms. The van der Waals surface area contributed by atoms with E-state index in [4.69, 9.17) is 9.26 Å². The summed E-state index contributed by atoms with van der Waals surface area (Å²) in [5.41, 5.74) is 1.96. The molecule has 152 valence electrons. The van der Waals surface area contributed by atoms with Gasteiger partial charge in [0.25, 0.3) is 5.91 Å². The summed E-state index contributed by atoms with van der Waals surface area (Å²) in [4.78, 5) is 24.9. The Balaban J connectivity index is 1.90. The first-order valence-corrected chi connectivity index (χ1v) is 9.56. The van der Waals surface area contributed by atoms with Gasteiger partial charge in [0.15, 0.2) is 0 Å². The average Bonchev–Trinajstić information content (AvgIpc) is 3.03. The molecule has 0 aliphatic carbocycles. The van der Waals surface area contributed by atoms with Crippen LogP contribution in [0.15, 0.2) is 40.9 Å². The van der Waals surface area contributed by atoms with E-state index in [0.717, 1.165) is 22.0 Å². The lowest BCUT2D eigenvalue weighted by Crippen LogP contribution is -2.44. The topological polar surface area (TPSA) is 93.5 Å². The third-order valence-electron chi connectivity index (χ3n) is 4.74. The maximum Gasteiger partial charge on any atom is 0.255 e. The number of rotatable bonds is 7. The summed E-state index contributed by atoms with van der Waals surface area (Å²) in [6, 6.07) is 10.7. The minimum Gasteiger partial charge on any atom is -0.488 e. The molecule has 1 atom stereocenters. The molecule has 2 aromatic carbocycles.